The van der Waals surface area contributed by atoms with Gasteiger partial charge < -0.3 is 5.73 Å². The quantitative estimate of drug-likeness (QED) is 0.738. The maximum atomic E-state index is 13.1. The number of halogens is 3. The fraction of sp³-hybridized carbons (Fsp3) is 0.333. The molecule has 1 unspecified atom stereocenters. The van der Waals surface area contributed by atoms with Crippen LogP contribution in [0.4, 0.5) is 8.78 Å². The largest absolute Gasteiger partial charge is 0.328 e. The average molecular weight is 206 g/mol. The van der Waals surface area contributed by atoms with Gasteiger partial charge in [-0.2, -0.15) is 0 Å². The summed E-state index contributed by atoms with van der Waals surface area (Å²) in [5.41, 5.74) is 5.61. The summed E-state index contributed by atoms with van der Waals surface area (Å²) in [6.45, 7) is 1.71. The van der Waals surface area contributed by atoms with Crippen LogP contribution in [0.3, 0.4) is 0 Å². The lowest BCUT2D eigenvalue weighted by Crippen LogP contribution is -2.19. The highest BCUT2D eigenvalue weighted by molar-refractivity contribution is 6.31. The van der Waals surface area contributed by atoms with Crippen LogP contribution in [0.1, 0.15) is 12.5 Å². The van der Waals surface area contributed by atoms with E-state index in [2.05, 4.69) is 0 Å². The third-order valence-corrected chi connectivity index (χ3v) is 2.02. The molecule has 1 atom stereocenters. The molecule has 0 aliphatic carbocycles. The van der Waals surface area contributed by atoms with Crippen molar-refractivity contribution in [3.05, 3.63) is 34.4 Å². The molecule has 1 aromatic carbocycles. The minimum atomic E-state index is -0.898. The summed E-state index contributed by atoms with van der Waals surface area (Å²) in [7, 11) is 0. The molecule has 4 heteroatoms. The monoisotopic (exact) mass is 205 g/mol. The van der Waals surface area contributed by atoms with Crippen LogP contribution in [0.25, 0.3) is 0 Å². The molecular weight excluding hydrogens is 196 g/mol. The van der Waals surface area contributed by atoms with Crippen LogP contribution in [0.2, 0.25) is 5.02 Å². The molecule has 2 N–H and O–H groups in total. The lowest BCUT2D eigenvalue weighted by molar-refractivity contribution is 0.495. The summed E-state index contributed by atoms with van der Waals surface area (Å²) in [5, 5.41) is 0.219. The molecule has 1 nitrogen and oxygen atoms in total. The Hall–Kier alpha value is -0.670. The average Bonchev–Trinajstić information content (AvgIpc) is 2.05. The molecule has 0 saturated carbocycles. The molecule has 1 aromatic rings. The van der Waals surface area contributed by atoms with Gasteiger partial charge in [0, 0.05) is 16.6 Å². The summed E-state index contributed by atoms with van der Waals surface area (Å²) >= 11 is 5.68. The van der Waals surface area contributed by atoms with Crippen LogP contribution in [0.5, 0.6) is 0 Å². The molecule has 0 bridgehead atoms. The molecule has 0 saturated heterocycles. The van der Waals surface area contributed by atoms with E-state index in [1.54, 1.807) is 6.92 Å². The SMILES string of the molecule is CC(N)Cc1c(Cl)ccc(F)c1F. The van der Waals surface area contributed by atoms with Crippen LogP contribution < -0.4 is 5.73 Å². The first-order valence-corrected chi connectivity index (χ1v) is 4.28. The van der Waals surface area contributed by atoms with Crippen molar-refractivity contribution in [3.63, 3.8) is 0 Å². The minimum absolute atomic E-state index is 0.150. The molecule has 1 rings (SSSR count). The second-order valence-corrected chi connectivity index (χ2v) is 3.41. The highest BCUT2D eigenvalue weighted by Gasteiger charge is 2.13. The fourth-order valence-corrected chi connectivity index (χ4v) is 1.30. The van der Waals surface area contributed by atoms with Crippen molar-refractivity contribution in [1.29, 1.82) is 0 Å². The maximum absolute atomic E-state index is 13.1. The highest BCUT2D eigenvalue weighted by Crippen LogP contribution is 2.22. The molecule has 0 aliphatic heterocycles. The second-order valence-electron chi connectivity index (χ2n) is 3.00. The third kappa shape index (κ3) is 2.39. The van der Waals surface area contributed by atoms with Crippen molar-refractivity contribution in [2.45, 2.75) is 19.4 Å². The lowest BCUT2D eigenvalue weighted by Gasteiger charge is -2.08. The number of rotatable bonds is 2. The molecule has 0 aromatic heterocycles. The molecule has 0 spiro atoms. The van der Waals surface area contributed by atoms with Crippen LogP contribution >= 0.6 is 11.6 Å². The highest BCUT2D eigenvalue weighted by atomic mass is 35.5. The van der Waals surface area contributed by atoms with Crippen LogP contribution in [0.15, 0.2) is 12.1 Å². The number of hydrogen-bond acceptors (Lipinski definition) is 1. The molecular formula is C9H10ClF2N. The summed E-state index contributed by atoms with van der Waals surface area (Å²) in [6, 6.07) is 2.09. The lowest BCUT2D eigenvalue weighted by atomic mass is 10.1. The Morgan fingerprint density at radius 3 is 2.62 bits per heavy atom. The molecule has 72 valence electrons. The molecule has 0 fully saturated rings. The molecule has 0 radical (unpaired) electrons. The Kier molecular flexibility index (Phi) is 3.22. The van der Waals surface area contributed by atoms with Crippen LogP contribution in [-0.4, -0.2) is 6.04 Å². The van der Waals surface area contributed by atoms with Gasteiger partial charge in [0.25, 0.3) is 0 Å². The van der Waals surface area contributed by atoms with Gasteiger partial charge in [-0.25, -0.2) is 8.78 Å². The van der Waals surface area contributed by atoms with E-state index in [-0.39, 0.29) is 23.0 Å². The van der Waals surface area contributed by atoms with E-state index in [4.69, 9.17) is 17.3 Å². The van der Waals surface area contributed by atoms with Gasteiger partial charge in [0.05, 0.1) is 0 Å². The standard InChI is InChI=1S/C9H10ClF2N/c1-5(13)4-6-7(10)2-3-8(11)9(6)12/h2-3,5H,4,13H2,1H3. The first-order valence-electron chi connectivity index (χ1n) is 3.90. The van der Waals surface area contributed by atoms with Gasteiger partial charge in [-0.1, -0.05) is 11.6 Å². The zero-order valence-corrected chi connectivity index (χ0v) is 7.91. The van der Waals surface area contributed by atoms with Gasteiger partial charge in [0.15, 0.2) is 11.6 Å². The van der Waals surface area contributed by atoms with E-state index in [1.165, 1.54) is 6.07 Å². The van der Waals surface area contributed by atoms with E-state index >= 15 is 0 Å². The van der Waals surface area contributed by atoms with Crippen molar-refractivity contribution >= 4 is 11.6 Å². The van der Waals surface area contributed by atoms with E-state index in [0.29, 0.717) is 0 Å². The van der Waals surface area contributed by atoms with E-state index in [1.807, 2.05) is 0 Å². The van der Waals surface area contributed by atoms with Crippen molar-refractivity contribution in [2.24, 2.45) is 5.73 Å². The summed E-state index contributed by atoms with van der Waals surface area (Å²) in [4.78, 5) is 0. The van der Waals surface area contributed by atoms with Gasteiger partial charge in [-0.3, -0.25) is 0 Å². The first kappa shape index (κ1) is 10.4. The first-order chi connectivity index (χ1) is 6.02. The second kappa shape index (κ2) is 4.03. The molecule has 13 heavy (non-hydrogen) atoms. The summed E-state index contributed by atoms with van der Waals surface area (Å²) in [6.07, 6.45) is 0.239. The van der Waals surface area contributed by atoms with Gasteiger partial charge >= 0.3 is 0 Å². The van der Waals surface area contributed by atoms with Crippen molar-refractivity contribution in [1.82, 2.24) is 0 Å². The van der Waals surface area contributed by atoms with Crippen molar-refractivity contribution in [2.75, 3.05) is 0 Å². The van der Waals surface area contributed by atoms with Crippen LogP contribution in [-0.2, 0) is 6.42 Å². The predicted molar refractivity (Wildman–Crippen MR) is 48.7 cm³/mol. The van der Waals surface area contributed by atoms with Crippen molar-refractivity contribution < 1.29 is 8.78 Å². The van der Waals surface area contributed by atoms with Crippen LogP contribution in [0, 0.1) is 11.6 Å². The predicted octanol–water partition coefficient (Wildman–Crippen LogP) is 2.51. The Labute approximate surface area is 80.5 Å². The van der Waals surface area contributed by atoms with Gasteiger partial charge in [-0.15, -0.1) is 0 Å². The smallest absolute Gasteiger partial charge is 0.163 e. The van der Waals surface area contributed by atoms with E-state index < -0.39 is 11.6 Å². The Balaban J connectivity index is 3.10. The van der Waals surface area contributed by atoms with Crippen molar-refractivity contribution in [3.8, 4) is 0 Å². The van der Waals surface area contributed by atoms with Gasteiger partial charge in [-0.05, 0) is 25.5 Å². The molecule has 0 amide bonds. The number of nitrogens with two attached hydrogens (primary N) is 1. The van der Waals surface area contributed by atoms with Gasteiger partial charge in [0.1, 0.15) is 0 Å². The number of benzene rings is 1. The minimum Gasteiger partial charge on any atom is -0.328 e. The Bertz CT molecular complexity index is 313. The maximum Gasteiger partial charge on any atom is 0.163 e. The molecule has 0 aliphatic rings. The van der Waals surface area contributed by atoms with E-state index in [9.17, 15) is 8.78 Å². The van der Waals surface area contributed by atoms with Gasteiger partial charge in [0.2, 0.25) is 0 Å². The fourth-order valence-electron chi connectivity index (χ4n) is 1.08. The summed E-state index contributed by atoms with van der Waals surface area (Å²) < 4.78 is 25.8. The topological polar surface area (TPSA) is 26.0 Å². The normalized spacial score (nSPS) is 13.0. The van der Waals surface area contributed by atoms with E-state index in [0.717, 1.165) is 6.07 Å². The Morgan fingerprint density at radius 1 is 1.46 bits per heavy atom. The summed E-state index contributed by atoms with van der Waals surface area (Å²) in [5.74, 6) is -1.79. The zero-order valence-electron chi connectivity index (χ0n) is 7.15. The number of hydrogen-bond donors (Lipinski definition) is 1. The molecule has 0 heterocycles. The Morgan fingerprint density at radius 2 is 2.08 bits per heavy atom. The third-order valence-electron chi connectivity index (χ3n) is 1.67. The zero-order chi connectivity index (χ0) is 10.0.